The summed E-state index contributed by atoms with van der Waals surface area (Å²) >= 11 is 7.29. The lowest BCUT2D eigenvalue weighted by atomic mass is 10.3. The Balaban J connectivity index is 1.96. The Morgan fingerprint density at radius 3 is 2.81 bits per heavy atom. The Morgan fingerprint density at radius 2 is 2.14 bits per heavy atom. The first-order valence-corrected chi connectivity index (χ1v) is 8.10. The average molecular weight is 324 g/mol. The van der Waals surface area contributed by atoms with Crippen molar-refractivity contribution in [3.05, 3.63) is 41.7 Å². The van der Waals surface area contributed by atoms with Gasteiger partial charge in [-0.15, -0.1) is 0 Å². The van der Waals surface area contributed by atoms with Gasteiger partial charge < -0.3 is 9.88 Å². The van der Waals surface area contributed by atoms with Gasteiger partial charge >= 0.3 is 0 Å². The Bertz CT molecular complexity index is 597. The lowest BCUT2D eigenvalue weighted by Crippen LogP contribution is -2.22. The van der Waals surface area contributed by atoms with Crippen molar-refractivity contribution < 1.29 is 4.79 Å². The van der Waals surface area contributed by atoms with Crippen LogP contribution in [0.15, 0.2) is 41.8 Å². The van der Waals surface area contributed by atoms with Crippen molar-refractivity contribution in [1.82, 2.24) is 9.55 Å². The Morgan fingerprint density at radius 1 is 1.43 bits per heavy atom. The summed E-state index contributed by atoms with van der Waals surface area (Å²) in [5, 5.41) is 4.17. The molecule has 0 bridgehead atoms. The van der Waals surface area contributed by atoms with Crippen LogP contribution in [0.1, 0.15) is 20.3 Å². The molecule has 2 rings (SSSR count). The highest BCUT2D eigenvalue weighted by Crippen LogP contribution is 2.23. The van der Waals surface area contributed by atoms with E-state index in [2.05, 4.69) is 21.8 Å². The molecule has 0 spiro atoms. The fraction of sp³-hybridized carbons (Fsp3) is 0.333. The standard InChI is InChI=1S/C15H18ClN3OS/c1-3-9-19-10-8-17-15(19)21-11(2)14(20)18-13-6-4-12(16)5-7-13/h4-8,10-11H,3,9H2,1-2H3,(H,18,20)/t11-/m1/s1. The number of halogens is 1. The van der Waals surface area contributed by atoms with E-state index in [1.807, 2.05) is 13.1 Å². The van der Waals surface area contributed by atoms with Crippen LogP contribution in [0.25, 0.3) is 0 Å². The number of thioether (sulfide) groups is 1. The SMILES string of the molecule is CCCn1ccnc1S[C@H](C)C(=O)Nc1ccc(Cl)cc1. The van der Waals surface area contributed by atoms with Gasteiger partial charge in [0.05, 0.1) is 5.25 Å². The van der Waals surface area contributed by atoms with Crippen molar-refractivity contribution in [2.24, 2.45) is 0 Å². The number of nitrogens with zero attached hydrogens (tertiary/aromatic N) is 2. The van der Waals surface area contributed by atoms with Crippen molar-refractivity contribution in [3.8, 4) is 0 Å². The first-order chi connectivity index (χ1) is 10.1. The van der Waals surface area contributed by atoms with Crippen LogP contribution in [-0.4, -0.2) is 20.7 Å². The maximum Gasteiger partial charge on any atom is 0.237 e. The fourth-order valence-electron chi connectivity index (χ4n) is 1.81. The monoisotopic (exact) mass is 323 g/mol. The number of carbonyl (C=O) groups excluding carboxylic acids is 1. The summed E-state index contributed by atoms with van der Waals surface area (Å²) in [7, 11) is 0. The quantitative estimate of drug-likeness (QED) is 0.815. The minimum absolute atomic E-state index is 0.0478. The molecular weight excluding hydrogens is 306 g/mol. The van der Waals surface area contributed by atoms with Crippen molar-refractivity contribution in [2.45, 2.75) is 37.2 Å². The molecule has 6 heteroatoms. The third-order valence-corrected chi connectivity index (χ3v) is 4.28. The van der Waals surface area contributed by atoms with Gasteiger partial charge in [0.15, 0.2) is 5.16 Å². The molecule has 0 saturated heterocycles. The zero-order valence-corrected chi connectivity index (χ0v) is 13.6. The second-order valence-electron chi connectivity index (χ2n) is 4.66. The van der Waals surface area contributed by atoms with Crippen molar-refractivity contribution in [1.29, 1.82) is 0 Å². The van der Waals surface area contributed by atoms with Crippen LogP contribution in [0.5, 0.6) is 0 Å². The van der Waals surface area contributed by atoms with Gasteiger partial charge in [-0.25, -0.2) is 4.98 Å². The first-order valence-electron chi connectivity index (χ1n) is 6.84. The number of aryl methyl sites for hydroxylation is 1. The molecule has 0 aliphatic heterocycles. The first kappa shape index (κ1) is 15.9. The number of rotatable bonds is 6. The third-order valence-electron chi connectivity index (χ3n) is 2.90. The smallest absolute Gasteiger partial charge is 0.237 e. The lowest BCUT2D eigenvalue weighted by Gasteiger charge is -2.12. The van der Waals surface area contributed by atoms with Crippen LogP contribution in [-0.2, 0) is 11.3 Å². The number of amides is 1. The number of hydrogen-bond donors (Lipinski definition) is 1. The van der Waals surface area contributed by atoms with E-state index >= 15 is 0 Å². The molecule has 0 aliphatic rings. The molecule has 21 heavy (non-hydrogen) atoms. The average Bonchev–Trinajstić information content (AvgIpc) is 2.89. The van der Waals surface area contributed by atoms with Gasteiger partial charge in [0, 0.05) is 29.6 Å². The highest BCUT2D eigenvalue weighted by molar-refractivity contribution is 8.00. The van der Waals surface area contributed by atoms with Crippen LogP contribution in [0.2, 0.25) is 5.02 Å². The van der Waals surface area contributed by atoms with Crippen molar-refractivity contribution in [3.63, 3.8) is 0 Å². The molecular formula is C15H18ClN3OS. The second-order valence-corrected chi connectivity index (χ2v) is 6.40. The summed E-state index contributed by atoms with van der Waals surface area (Å²) in [5.41, 5.74) is 0.744. The Labute approximate surface area is 133 Å². The number of imidazole rings is 1. The molecule has 1 aromatic carbocycles. The molecule has 0 unspecified atom stereocenters. The molecule has 0 fully saturated rings. The maximum absolute atomic E-state index is 12.2. The van der Waals surface area contributed by atoms with Crippen molar-refractivity contribution >= 4 is 35.0 Å². The summed E-state index contributed by atoms with van der Waals surface area (Å²) in [4.78, 5) is 16.5. The van der Waals surface area contributed by atoms with Crippen molar-refractivity contribution in [2.75, 3.05) is 5.32 Å². The molecule has 0 radical (unpaired) electrons. The molecule has 4 nitrogen and oxygen atoms in total. The number of carbonyl (C=O) groups is 1. The van der Waals surface area contributed by atoms with Gasteiger partial charge in [0.25, 0.3) is 0 Å². The summed E-state index contributed by atoms with van der Waals surface area (Å²) in [6, 6.07) is 7.08. The van der Waals surface area contributed by atoms with Crippen LogP contribution in [0, 0.1) is 0 Å². The van der Waals surface area contributed by atoms with Crippen LogP contribution < -0.4 is 5.32 Å². The molecule has 1 heterocycles. The fourth-order valence-corrected chi connectivity index (χ4v) is 2.83. The summed E-state index contributed by atoms with van der Waals surface area (Å²) in [5.74, 6) is -0.0478. The van der Waals surface area contributed by atoms with E-state index in [1.165, 1.54) is 11.8 Å². The van der Waals surface area contributed by atoms with E-state index in [4.69, 9.17) is 11.6 Å². The summed E-state index contributed by atoms with van der Waals surface area (Å²) < 4.78 is 2.07. The van der Waals surface area contributed by atoms with Crippen LogP contribution in [0.4, 0.5) is 5.69 Å². The molecule has 112 valence electrons. The van der Waals surface area contributed by atoms with E-state index in [-0.39, 0.29) is 11.2 Å². The van der Waals surface area contributed by atoms with E-state index in [0.29, 0.717) is 5.02 Å². The normalized spacial score (nSPS) is 12.1. The second kappa shape index (κ2) is 7.52. The molecule has 0 aliphatic carbocycles. The number of aromatic nitrogens is 2. The molecule has 2 aromatic rings. The number of hydrogen-bond acceptors (Lipinski definition) is 3. The largest absolute Gasteiger partial charge is 0.326 e. The Kier molecular flexibility index (Phi) is 5.70. The molecule has 1 aromatic heterocycles. The highest BCUT2D eigenvalue weighted by atomic mass is 35.5. The van der Waals surface area contributed by atoms with Crippen LogP contribution in [0.3, 0.4) is 0 Å². The van der Waals surface area contributed by atoms with Gasteiger partial charge in [-0.2, -0.15) is 0 Å². The zero-order chi connectivity index (χ0) is 15.2. The summed E-state index contributed by atoms with van der Waals surface area (Å²) in [6.45, 7) is 4.90. The predicted octanol–water partition coefficient (Wildman–Crippen LogP) is 4.07. The van der Waals surface area contributed by atoms with E-state index in [0.717, 1.165) is 23.8 Å². The minimum atomic E-state index is -0.223. The zero-order valence-electron chi connectivity index (χ0n) is 12.0. The summed E-state index contributed by atoms with van der Waals surface area (Å²) in [6.07, 6.45) is 4.74. The van der Waals surface area contributed by atoms with Crippen LogP contribution >= 0.6 is 23.4 Å². The number of benzene rings is 1. The number of anilines is 1. The highest BCUT2D eigenvalue weighted by Gasteiger charge is 2.17. The van der Waals surface area contributed by atoms with Gasteiger partial charge in [-0.1, -0.05) is 30.3 Å². The number of nitrogens with one attached hydrogen (secondary N) is 1. The van der Waals surface area contributed by atoms with E-state index in [1.54, 1.807) is 30.5 Å². The van der Waals surface area contributed by atoms with Gasteiger partial charge in [0.1, 0.15) is 0 Å². The topological polar surface area (TPSA) is 46.9 Å². The third kappa shape index (κ3) is 4.51. The molecule has 0 saturated carbocycles. The van der Waals surface area contributed by atoms with Gasteiger partial charge in [-0.05, 0) is 37.6 Å². The lowest BCUT2D eigenvalue weighted by molar-refractivity contribution is -0.115. The van der Waals surface area contributed by atoms with Gasteiger partial charge in [-0.3, -0.25) is 4.79 Å². The molecule has 1 N–H and O–H groups in total. The van der Waals surface area contributed by atoms with E-state index in [9.17, 15) is 4.79 Å². The van der Waals surface area contributed by atoms with E-state index < -0.39 is 0 Å². The molecule has 1 amide bonds. The van der Waals surface area contributed by atoms with Gasteiger partial charge in [0.2, 0.25) is 5.91 Å². The minimum Gasteiger partial charge on any atom is -0.326 e. The maximum atomic E-state index is 12.2. The predicted molar refractivity (Wildman–Crippen MR) is 87.9 cm³/mol. The Hall–Kier alpha value is -1.46. The molecule has 1 atom stereocenters.